The van der Waals surface area contributed by atoms with Crippen molar-refractivity contribution in [3.05, 3.63) is 22.1 Å². The van der Waals surface area contributed by atoms with Crippen LogP contribution in [0.25, 0.3) is 0 Å². The van der Waals surface area contributed by atoms with E-state index in [2.05, 4.69) is 4.98 Å². The molecule has 0 aromatic carbocycles. The summed E-state index contributed by atoms with van der Waals surface area (Å²) in [5.41, 5.74) is 0.279. The first kappa shape index (κ1) is 13.0. The standard InChI is InChI=1S/C11H16N2O5/c1-6-4-13(11(17-2)12-10(6)16)9-3-7(15)8(5-14)18-9/h4,7-9,14-15H,3,5H2,1-2H3/p+1/t7-,8+,9+/m0/s1. The summed E-state index contributed by atoms with van der Waals surface area (Å²) < 4.78 is 12.2. The van der Waals surface area contributed by atoms with Crippen molar-refractivity contribution in [2.45, 2.75) is 31.8 Å². The third kappa shape index (κ3) is 2.24. The van der Waals surface area contributed by atoms with Crippen molar-refractivity contribution in [2.24, 2.45) is 0 Å². The Labute approximate surface area is 104 Å². The molecule has 0 amide bonds. The first-order chi connectivity index (χ1) is 8.56. The fourth-order valence-corrected chi connectivity index (χ4v) is 2.01. The van der Waals surface area contributed by atoms with Gasteiger partial charge in [0, 0.05) is 6.42 Å². The first-order valence-corrected chi connectivity index (χ1v) is 5.70. The fraction of sp³-hybridized carbons (Fsp3) is 0.636. The van der Waals surface area contributed by atoms with Gasteiger partial charge in [-0.3, -0.25) is 0 Å². The third-order valence-corrected chi connectivity index (χ3v) is 3.03. The lowest BCUT2D eigenvalue weighted by Crippen LogP contribution is -2.44. The van der Waals surface area contributed by atoms with Gasteiger partial charge in [-0.2, -0.15) is 9.55 Å². The number of aryl methyl sites for hydroxylation is 1. The summed E-state index contributed by atoms with van der Waals surface area (Å²) in [7, 11) is 1.44. The number of aliphatic hydroxyl groups is 2. The van der Waals surface area contributed by atoms with Crippen molar-refractivity contribution < 1.29 is 24.3 Å². The topological polar surface area (TPSA) is 95.7 Å². The van der Waals surface area contributed by atoms with Crippen molar-refractivity contribution in [3.63, 3.8) is 0 Å². The Morgan fingerprint density at radius 1 is 1.67 bits per heavy atom. The number of nitrogens with zero attached hydrogens (tertiary/aromatic N) is 1. The molecule has 1 aliphatic heterocycles. The molecule has 2 rings (SSSR count). The second-order valence-corrected chi connectivity index (χ2v) is 4.30. The van der Waals surface area contributed by atoms with Crippen LogP contribution in [0.4, 0.5) is 0 Å². The summed E-state index contributed by atoms with van der Waals surface area (Å²) in [6.45, 7) is 1.42. The van der Waals surface area contributed by atoms with Crippen LogP contribution in [0.15, 0.2) is 11.0 Å². The highest BCUT2D eigenvalue weighted by Crippen LogP contribution is 2.25. The summed E-state index contributed by atoms with van der Waals surface area (Å²) in [6.07, 6.45) is 0.124. The predicted octanol–water partition coefficient (Wildman–Crippen LogP) is -1.38. The minimum Gasteiger partial charge on any atom is -0.434 e. The summed E-state index contributed by atoms with van der Waals surface area (Å²) in [4.78, 5) is 14.1. The van der Waals surface area contributed by atoms with Gasteiger partial charge in [-0.25, -0.2) is 4.79 Å². The normalized spacial score (nSPS) is 27.4. The number of aromatic nitrogens is 2. The Hall–Kier alpha value is -1.44. The number of rotatable bonds is 3. The Bertz CT molecular complexity index is 487. The SMILES string of the molecule is COc1[nH]c(=O)c(C)c[n+]1[C@H]1C[C@H](O)[C@@H](CO)O1. The minimum absolute atomic E-state index is 0.236. The van der Waals surface area contributed by atoms with Crippen LogP contribution in [0.3, 0.4) is 0 Å². The van der Waals surface area contributed by atoms with Crippen molar-refractivity contribution >= 4 is 0 Å². The number of methoxy groups -OCH3 is 1. The van der Waals surface area contributed by atoms with Crippen molar-refractivity contribution in [1.82, 2.24) is 4.98 Å². The lowest BCUT2D eigenvalue weighted by Gasteiger charge is -2.12. The Morgan fingerprint density at radius 2 is 2.39 bits per heavy atom. The number of hydrogen-bond acceptors (Lipinski definition) is 5. The second kappa shape index (κ2) is 5.05. The minimum atomic E-state index is -0.732. The van der Waals surface area contributed by atoms with Gasteiger partial charge in [0.2, 0.25) is 6.23 Å². The fourth-order valence-electron chi connectivity index (χ4n) is 2.01. The molecule has 0 spiro atoms. The summed E-state index contributed by atoms with van der Waals surface area (Å²) in [5, 5.41) is 18.7. The van der Waals surface area contributed by atoms with Gasteiger partial charge in [0.05, 0.1) is 25.4 Å². The molecule has 1 aromatic heterocycles. The van der Waals surface area contributed by atoms with Crippen molar-refractivity contribution in [2.75, 3.05) is 13.7 Å². The molecule has 3 atom stereocenters. The molecule has 1 aromatic rings. The predicted molar refractivity (Wildman–Crippen MR) is 60.2 cm³/mol. The molecule has 1 fully saturated rings. The number of ether oxygens (including phenoxy) is 2. The van der Waals surface area contributed by atoms with Gasteiger partial charge in [0.1, 0.15) is 12.3 Å². The number of hydrogen-bond donors (Lipinski definition) is 3. The van der Waals surface area contributed by atoms with Gasteiger partial charge < -0.3 is 19.7 Å². The average Bonchev–Trinajstić information content (AvgIpc) is 2.73. The Kier molecular flexibility index (Phi) is 3.65. The van der Waals surface area contributed by atoms with E-state index >= 15 is 0 Å². The average molecular weight is 257 g/mol. The molecule has 1 saturated heterocycles. The van der Waals surface area contributed by atoms with Crippen molar-refractivity contribution in [3.8, 4) is 6.01 Å². The van der Waals surface area contributed by atoms with E-state index < -0.39 is 18.4 Å². The second-order valence-electron chi connectivity index (χ2n) is 4.30. The molecule has 2 heterocycles. The first-order valence-electron chi connectivity index (χ1n) is 5.70. The van der Waals surface area contributed by atoms with E-state index in [0.717, 1.165) is 0 Å². The van der Waals surface area contributed by atoms with Crippen LogP contribution >= 0.6 is 0 Å². The van der Waals surface area contributed by atoms with Gasteiger partial charge in [-0.1, -0.05) is 0 Å². The smallest absolute Gasteiger partial charge is 0.434 e. The van der Waals surface area contributed by atoms with E-state index in [0.29, 0.717) is 12.0 Å². The van der Waals surface area contributed by atoms with Gasteiger partial charge in [0.15, 0.2) is 0 Å². The zero-order valence-corrected chi connectivity index (χ0v) is 10.3. The quantitative estimate of drug-likeness (QED) is 0.580. The molecule has 0 aliphatic carbocycles. The molecule has 3 N–H and O–H groups in total. The molecule has 0 radical (unpaired) electrons. The van der Waals surface area contributed by atoms with Gasteiger partial charge in [0.25, 0.3) is 0 Å². The summed E-state index contributed by atoms with van der Waals surface area (Å²) >= 11 is 0. The maximum Gasteiger partial charge on any atom is 0.458 e. The summed E-state index contributed by atoms with van der Waals surface area (Å²) in [5.74, 6) is 0. The van der Waals surface area contributed by atoms with Gasteiger partial charge in [-0.15, -0.1) is 0 Å². The molecule has 7 nitrogen and oxygen atoms in total. The van der Waals surface area contributed by atoms with E-state index in [9.17, 15) is 9.90 Å². The van der Waals surface area contributed by atoms with Crippen LogP contribution in [0.5, 0.6) is 6.01 Å². The van der Waals surface area contributed by atoms with E-state index in [-0.39, 0.29) is 18.2 Å². The zero-order chi connectivity index (χ0) is 13.3. The largest absolute Gasteiger partial charge is 0.458 e. The molecular formula is C11H17N2O5+. The summed E-state index contributed by atoms with van der Waals surface area (Å²) in [6, 6.07) is 0.251. The van der Waals surface area contributed by atoms with Gasteiger partial charge >= 0.3 is 11.6 Å². The van der Waals surface area contributed by atoms with Crippen LogP contribution in [-0.2, 0) is 4.74 Å². The molecule has 7 heteroatoms. The maximum absolute atomic E-state index is 11.5. The van der Waals surface area contributed by atoms with E-state index in [1.165, 1.54) is 7.11 Å². The van der Waals surface area contributed by atoms with Crippen LogP contribution in [0.2, 0.25) is 0 Å². The molecule has 0 bridgehead atoms. The lowest BCUT2D eigenvalue weighted by molar-refractivity contribution is -0.765. The van der Waals surface area contributed by atoms with E-state index in [1.54, 1.807) is 17.7 Å². The molecule has 100 valence electrons. The molecule has 18 heavy (non-hydrogen) atoms. The molecule has 0 saturated carbocycles. The van der Waals surface area contributed by atoms with Crippen molar-refractivity contribution in [1.29, 1.82) is 0 Å². The van der Waals surface area contributed by atoms with Crippen LogP contribution in [0.1, 0.15) is 18.2 Å². The number of H-pyrrole nitrogens is 1. The Morgan fingerprint density at radius 3 is 2.94 bits per heavy atom. The molecule has 0 unspecified atom stereocenters. The number of aliphatic hydroxyl groups excluding tert-OH is 2. The highest BCUT2D eigenvalue weighted by atomic mass is 16.5. The number of nitrogens with one attached hydrogen (secondary N) is 1. The zero-order valence-electron chi connectivity index (χ0n) is 10.3. The maximum atomic E-state index is 11.5. The van der Waals surface area contributed by atoms with Crippen LogP contribution in [-0.4, -0.2) is 41.1 Å². The van der Waals surface area contributed by atoms with Crippen LogP contribution < -0.4 is 14.9 Å². The van der Waals surface area contributed by atoms with E-state index in [1.807, 2.05) is 0 Å². The van der Waals surface area contributed by atoms with E-state index in [4.69, 9.17) is 14.6 Å². The third-order valence-electron chi connectivity index (χ3n) is 3.03. The molecular weight excluding hydrogens is 240 g/mol. The molecule has 1 aliphatic rings. The highest BCUT2D eigenvalue weighted by molar-refractivity contribution is 5.00. The lowest BCUT2D eigenvalue weighted by atomic mass is 10.2. The van der Waals surface area contributed by atoms with Gasteiger partial charge in [-0.05, 0) is 6.92 Å². The number of aromatic amines is 1. The Balaban J connectivity index is 2.34. The highest BCUT2D eigenvalue weighted by Gasteiger charge is 2.38. The van der Waals surface area contributed by atoms with Crippen LogP contribution in [0, 0.1) is 6.92 Å². The monoisotopic (exact) mass is 257 g/mol.